The van der Waals surface area contributed by atoms with Gasteiger partial charge in [0, 0.05) is 17.8 Å². The van der Waals surface area contributed by atoms with Gasteiger partial charge in [0.25, 0.3) is 5.69 Å². The van der Waals surface area contributed by atoms with Gasteiger partial charge in [-0.3, -0.25) is 10.1 Å². The molecule has 1 heterocycles. The number of nitro groups is 1. The fourth-order valence-electron chi connectivity index (χ4n) is 2.61. The number of aromatic nitrogens is 1. The maximum absolute atomic E-state index is 10.9. The number of hydrogen-bond donors (Lipinski definition) is 2. The molecule has 0 saturated carbocycles. The number of anilines is 2. The van der Waals surface area contributed by atoms with Crippen LogP contribution in [0.25, 0.3) is 21.0 Å². The second-order valence-electron chi connectivity index (χ2n) is 5.57. The van der Waals surface area contributed by atoms with E-state index in [1.54, 1.807) is 6.07 Å². The van der Waals surface area contributed by atoms with Crippen LogP contribution in [0.4, 0.5) is 16.5 Å². The molecule has 0 spiro atoms. The Bertz CT molecular complexity index is 1160. The fraction of sp³-hybridized carbons (Fsp3) is 0. The number of non-ortho nitro benzene ring substituents is 1. The highest BCUT2D eigenvalue weighted by molar-refractivity contribution is 7.80. The average molecular weight is 380 g/mol. The van der Waals surface area contributed by atoms with E-state index in [4.69, 9.17) is 12.2 Å². The van der Waals surface area contributed by atoms with Gasteiger partial charge in [-0.05, 0) is 41.2 Å². The number of thiazole rings is 1. The number of nitrogens with zero attached hydrogens (tertiary/aromatic N) is 2. The Kier molecular flexibility index (Phi) is 4.19. The minimum Gasteiger partial charge on any atom is -0.332 e. The molecule has 4 aromatic rings. The van der Waals surface area contributed by atoms with Crippen LogP contribution in [0, 0.1) is 10.1 Å². The van der Waals surface area contributed by atoms with Crippen LogP contribution in [0.2, 0.25) is 0 Å². The molecule has 0 unspecified atom stereocenters. The summed E-state index contributed by atoms with van der Waals surface area (Å²) in [5.74, 6) is 0. The molecule has 0 aliphatic rings. The predicted molar refractivity (Wildman–Crippen MR) is 110 cm³/mol. The second-order valence-corrected chi connectivity index (χ2v) is 7.01. The zero-order valence-corrected chi connectivity index (χ0v) is 14.9. The summed E-state index contributed by atoms with van der Waals surface area (Å²) in [7, 11) is 0. The Balaban J connectivity index is 1.51. The van der Waals surface area contributed by atoms with Gasteiger partial charge in [-0.15, -0.1) is 0 Å². The lowest BCUT2D eigenvalue weighted by Crippen LogP contribution is -2.18. The summed E-state index contributed by atoms with van der Waals surface area (Å²) < 4.78 is 0.732. The first-order valence-corrected chi connectivity index (χ1v) is 8.93. The standard InChI is InChI=1S/C18H12N4O2S2/c23-22(24)14-7-8-15-16(10-14)26-18(20-15)21-17(25)19-13-6-5-11-3-1-2-4-12(11)9-13/h1-10H,(H2,19,20,21,25). The molecule has 8 heteroatoms. The maximum atomic E-state index is 10.9. The topological polar surface area (TPSA) is 80.1 Å². The third-order valence-corrected chi connectivity index (χ3v) is 4.95. The molecule has 6 nitrogen and oxygen atoms in total. The van der Waals surface area contributed by atoms with E-state index < -0.39 is 4.92 Å². The quantitative estimate of drug-likeness (QED) is 0.290. The Morgan fingerprint density at radius 2 is 1.85 bits per heavy atom. The number of fused-ring (bicyclic) bond motifs is 2. The SMILES string of the molecule is O=[N+]([O-])c1ccc2nc(NC(=S)Nc3ccc4ccccc4c3)sc2c1. The molecule has 0 amide bonds. The van der Waals surface area contributed by atoms with E-state index in [1.807, 2.05) is 36.4 Å². The Morgan fingerprint density at radius 3 is 2.65 bits per heavy atom. The molecular formula is C18H12N4O2S2. The van der Waals surface area contributed by atoms with Crippen LogP contribution < -0.4 is 10.6 Å². The van der Waals surface area contributed by atoms with Crippen molar-refractivity contribution in [3.8, 4) is 0 Å². The van der Waals surface area contributed by atoms with Gasteiger partial charge in [-0.2, -0.15) is 0 Å². The van der Waals surface area contributed by atoms with Gasteiger partial charge in [-0.1, -0.05) is 41.7 Å². The molecule has 0 atom stereocenters. The van der Waals surface area contributed by atoms with Gasteiger partial charge in [0.1, 0.15) is 0 Å². The number of rotatable bonds is 3. The summed E-state index contributed by atoms with van der Waals surface area (Å²) in [5, 5.41) is 20.3. The maximum Gasteiger partial charge on any atom is 0.270 e. The van der Waals surface area contributed by atoms with E-state index >= 15 is 0 Å². The number of nitrogens with one attached hydrogen (secondary N) is 2. The van der Waals surface area contributed by atoms with Crippen LogP contribution in [-0.2, 0) is 0 Å². The molecule has 128 valence electrons. The van der Waals surface area contributed by atoms with Gasteiger partial charge in [0.15, 0.2) is 10.2 Å². The zero-order valence-electron chi connectivity index (χ0n) is 13.3. The van der Waals surface area contributed by atoms with E-state index in [-0.39, 0.29) is 5.69 Å². The van der Waals surface area contributed by atoms with Crippen molar-refractivity contribution in [2.24, 2.45) is 0 Å². The number of nitro benzene ring substituents is 1. The molecule has 1 aromatic heterocycles. The summed E-state index contributed by atoms with van der Waals surface area (Å²) in [4.78, 5) is 14.9. The molecule has 0 aliphatic heterocycles. The lowest BCUT2D eigenvalue weighted by molar-refractivity contribution is -0.384. The highest BCUT2D eigenvalue weighted by Crippen LogP contribution is 2.29. The van der Waals surface area contributed by atoms with Crippen LogP contribution in [0.1, 0.15) is 0 Å². The van der Waals surface area contributed by atoms with Crippen LogP contribution in [0.5, 0.6) is 0 Å². The first-order chi connectivity index (χ1) is 12.6. The predicted octanol–water partition coefficient (Wildman–Crippen LogP) is 5.17. The van der Waals surface area contributed by atoms with Crippen LogP contribution in [0.15, 0.2) is 60.7 Å². The van der Waals surface area contributed by atoms with E-state index in [0.29, 0.717) is 15.8 Å². The lowest BCUT2D eigenvalue weighted by atomic mass is 10.1. The first kappa shape index (κ1) is 16.4. The van der Waals surface area contributed by atoms with Gasteiger partial charge in [0.2, 0.25) is 0 Å². The van der Waals surface area contributed by atoms with E-state index in [1.165, 1.54) is 23.5 Å². The summed E-state index contributed by atoms with van der Waals surface area (Å²) in [6, 6.07) is 18.7. The lowest BCUT2D eigenvalue weighted by Gasteiger charge is -2.09. The number of hydrogen-bond acceptors (Lipinski definition) is 5. The van der Waals surface area contributed by atoms with Gasteiger partial charge >= 0.3 is 0 Å². The summed E-state index contributed by atoms with van der Waals surface area (Å²) in [5.41, 5.74) is 1.61. The van der Waals surface area contributed by atoms with Crippen molar-refractivity contribution in [3.63, 3.8) is 0 Å². The summed E-state index contributed by atoms with van der Waals surface area (Å²) in [6.07, 6.45) is 0. The van der Waals surface area contributed by atoms with Crippen molar-refractivity contribution in [1.82, 2.24) is 4.98 Å². The van der Waals surface area contributed by atoms with Crippen molar-refractivity contribution < 1.29 is 4.92 Å². The molecule has 0 saturated heterocycles. The highest BCUT2D eigenvalue weighted by atomic mass is 32.1. The third-order valence-electron chi connectivity index (χ3n) is 3.81. The Morgan fingerprint density at radius 1 is 1.04 bits per heavy atom. The van der Waals surface area contributed by atoms with Crippen LogP contribution >= 0.6 is 23.6 Å². The average Bonchev–Trinajstić information content (AvgIpc) is 3.02. The molecule has 0 fully saturated rings. The largest absolute Gasteiger partial charge is 0.332 e. The molecule has 26 heavy (non-hydrogen) atoms. The van der Waals surface area contributed by atoms with Crippen LogP contribution in [0.3, 0.4) is 0 Å². The normalized spacial score (nSPS) is 10.8. The Labute approximate surface area is 157 Å². The van der Waals surface area contributed by atoms with Crippen molar-refractivity contribution in [3.05, 3.63) is 70.8 Å². The fourth-order valence-corrected chi connectivity index (χ4v) is 3.79. The third kappa shape index (κ3) is 3.32. The summed E-state index contributed by atoms with van der Waals surface area (Å²) >= 11 is 6.67. The molecule has 3 aromatic carbocycles. The number of benzene rings is 3. The summed E-state index contributed by atoms with van der Waals surface area (Å²) in [6.45, 7) is 0. The molecule has 4 rings (SSSR count). The first-order valence-electron chi connectivity index (χ1n) is 7.70. The molecule has 0 aliphatic carbocycles. The van der Waals surface area contributed by atoms with Gasteiger partial charge < -0.3 is 10.6 Å². The van der Waals surface area contributed by atoms with Crippen LogP contribution in [-0.4, -0.2) is 15.0 Å². The van der Waals surface area contributed by atoms with Gasteiger partial charge in [0.05, 0.1) is 15.1 Å². The van der Waals surface area contributed by atoms with E-state index in [9.17, 15) is 10.1 Å². The van der Waals surface area contributed by atoms with Crippen molar-refractivity contribution >= 4 is 66.2 Å². The van der Waals surface area contributed by atoms with Crippen molar-refractivity contribution in [2.45, 2.75) is 0 Å². The minimum atomic E-state index is -0.418. The van der Waals surface area contributed by atoms with E-state index in [2.05, 4.69) is 21.7 Å². The molecular weight excluding hydrogens is 368 g/mol. The van der Waals surface area contributed by atoms with Gasteiger partial charge in [-0.25, -0.2) is 4.98 Å². The number of thiocarbonyl (C=S) groups is 1. The highest BCUT2D eigenvalue weighted by Gasteiger charge is 2.11. The minimum absolute atomic E-state index is 0.0459. The molecule has 0 radical (unpaired) electrons. The molecule has 2 N–H and O–H groups in total. The smallest absolute Gasteiger partial charge is 0.270 e. The monoisotopic (exact) mass is 380 g/mol. The molecule has 0 bridgehead atoms. The zero-order chi connectivity index (χ0) is 18.1. The van der Waals surface area contributed by atoms with Crippen molar-refractivity contribution in [2.75, 3.05) is 10.6 Å². The van der Waals surface area contributed by atoms with E-state index in [0.717, 1.165) is 21.2 Å². The van der Waals surface area contributed by atoms with Crippen molar-refractivity contribution in [1.29, 1.82) is 0 Å². The Hall–Kier alpha value is -3.10. The second kappa shape index (κ2) is 6.66.